The standard InChI is InChI=1S/C13H17F3N2O/c1-12(2,8-17)11(19)18-7-9-3-5-10(6-4-9)13(14,15)16/h3-6H,7-8,17H2,1-2H3,(H,18,19). The summed E-state index contributed by atoms with van der Waals surface area (Å²) in [6.45, 7) is 3.79. The Labute approximate surface area is 110 Å². The molecule has 0 heterocycles. The number of hydrogen-bond acceptors (Lipinski definition) is 2. The topological polar surface area (TPSA) is 55.1 Å². The van der Waals surface area contributed by atoms with Crippen molar-refractivity contribution in [3.05, 3.63) is 35.4 Å². The molecule has 106 valence electrons. The van der Waals surface area contributed by atoms with Gasteiger partial charge in [0.1, 0.15) is 0 Å². The maximum atomic E-state index is 12.4. The lowest BCUT2D eigenvalue weighted by atomic mass is 9.92. The largest absolute Gasteiger partial charge is 0.416 e. The van der Waals surface area contributed by atoms with E-state index >= 15 is 0 Å². The van der Waals surface area contributed by atoms with Gasteiger partial charge in [0.25, 0.3) is 0 Å². The number of carbonyl (C=O) groups excluding carboxylic acids is 1. The van der Waals surface area contributed by atoms with Gasteiger partial charge in [0.05, 0.1) is 11.0 Å². The summed E-state index contributed by atoms with van der Waals surface area (Å²) < 4.78 is 37.1. The molecule has 0 saturated carbocycles. The summed E-state index contributed by atoms with van der Waals surface area (Å²) in [5, 5.41) is 2.65. The summed E-state index contributed by atoms with van der Waals surface area (Å²) >= 11 is 0. The van der Waals surface area contributed by atoms with Crippen LogP contribution in [-0.2, 0) is 17.5 Å². The second-order valence-corrected chi connectivity index (χ2v) is 4.97. The molecule has 6 heteroatoms. The Hall–Kier alpha value is -1.56. The van der Waals surface area contributed by atoms with E-state index in [-0.39, 0.29) is 19.0 Å². The van der Waals surface area contributed by atoms with Crippen LogP contribution in [0.2, 0.25) is 0 Å². The average molecular weight is 274 g/mol. The monoisotopic (exact) mass is 274 g/mol. The number of alkyl halides is 3. The predicted molar refractivity (Wildman–Crippen MR) is 66.1 cm³/mol. The van der Waals surface area contributed by atoms with Gasteiger partial charge in [0.15, 0.2) is 0 Å². The summed E-state index contributed by atoms with van der Waals surface area (Å²) in [5.41, 5.74) is 4.67. The highest BCUT2D eigenvalue weighted by Crippen LogP contribution is 2.29. The maximum Gasteiger partial charge on any atom is 0.416 e. The fourth-order valence-corrected chi connectivity index (χ4v) is 1.33. The van der Waals surface area contributed by atoms with Crippen LogP contribution in [0.5, 0.6) is 0 Å². The van der Waals surface area contributed by atoms with Crippen molar-refractivity contribution in [2.24, 2.45) is 11.1 Å². The fraction of sp³-hybridized carbons (Fsp3) is 0.462. The van der Waals surface area contributed by atoms with E-state index in [1.165, 1.54) is 12.1 Å². The van der Waals surface area contributed by atoms with Gasteiger partial charge in [-0.3, -0.25) is 4.79 Å². The molecular weight excluding hydrogens is 257 g/mol. The Morgan fingerprint density at radius 1 is 1.21 bits per heavy atom. The zero-order valence-electron chi connectivity index (χ0n) is 10.8. The van der Waals surface area contributed by atoms with Crippen LogP contribution in [0.15, 0.2) is 24.3 Å². The van der Waals surface area contributed by atoms with E-state index in [0.717, 1.165) is 12.1 Å². The van der Waals surface area contributed by atoms with Gasteiger partial charge in [0.2, 0.25) is 5.91 Å². The first kappa shape index (κ1) is 15.5. The summed E-state index contributed by atoms with van der Waals surface area (Å²) in [6.07, 6.45) is -4.34. The minimum absolute atomic E-state index is 0.181. The Balaban J connectivity index is 2.63. The van der Waals surface area contributed by atoms with E-state index < -0.39 is 17.2 Å². The SMILES string of the molecule is CC(C)(CN)C(=O)NCc1ccc(C(F)(F)F)cc1. The normalized spacial score (nSPS) is 12.3. The van der Waals surface area contributed by atoms with Crippen molar-refractivity contribution in [1.82, 2.24) is 5.32 Å². The van der Waals surface area contributed by atoms with E-state index in [9.17, 15) is 18.0 Å². The van der Waals surface area contributed by atoms with Crippen molar-refractivity contribution in [3.63, 3.8) is 0 Å². The summed E-state index contributed by atoms with van der Waals surface area (Å²) in [7, 11) is 0. The van der Waals surface area contributed by atoms with Crippen LogP contribution < -0.4 is 11.1 Å². The summed E-state index contributed by atoms with van der Waals surface area (Å²) in [5.74, 6) is -0.227. The highest BCUT2D eigenvalue weighted by molar-refractivity contribution is 5.81. The second kappa shape index (κ2) is 5.61. The van der Waals surface area contributed by atoms with E-state index in [1.54, 1.807) is 13.8 Å². The van der Waals surface area contributed by atoms with Crippen LogP contribution in [0.1, 0.15) is 25.0 Å². The first-order chi connectivity index (χ1) is 8.66. The van der Waals surface area contributed by atoms with Crippen molar-refractivity contribution < 1.29 is 18.0 Å². The highest BCUT2D eigenvalue weighted by Gasteiger charge is 2.30. The molecule has 0 radical (unpaired) electrons. The first-order valence-electron chi connectivity index (χ1n) is 5.81. The maximum absolute atomic E-state index is 12.4. The molecule has 0 bridgehead atoms. The van der Waals surface area contributed by atoms with Gasteiger partial charge in [-0.2, -0.15) is 13.2 Å². The Morgan fingerprint density at radius 2 is 1.74 bits per heavy atom. The van der Waals surface area contributed by atoms with Gasteiger partial charge in [-0.05, 0) is 31.5 Å². The molecule has 1 amide bonds. The molecule has 0 aliphatic heterocycles. The number of rotatable bonds is 4. The molecular formula is C13H17F3N2O. The van der Waals surface area contributed by atoms with Crippen LogP contribution in [0, 0.1) is 5.41 Å². The zero-order chi connectivity index (χ0) is 14.7. The number of hydrogen-bond donors (Lipinski definition) is 2. The molecule has 1 aromatic carbocycles. The fourth-order valence-electron chi connectivity index (χ4n) is 1.33. The first-order valence-corrected chi connectivity index (χ1v) is 5.81. The highest BCUT2D eigenvalue weighted by atomic mass is 19.4. The van der Waals surface area contributed by atoms with Crippen molar-refractivity contribution in [1.29, 1.82) is 0 Å². The third-order valence-electron chi connectivity index (χ3n) is 2.86. The van der Waals surface area contributed by atoms with E-state index in [0.29, 0.717) is 5.56 Å². The molecule has 1 aromatic rings. The molecule has 0 aliphatic rings. The van der Waals surface area contributed by atoms with Crippen LogP contribution in [0.3, 0.4) is 0 Å². The van der Waals surface area contributed by atoms with Gasteiger partial charge in [0, 0.05) is 13.1 Å². The molecule has 19 heavy (non-hydrogen) atoms. The quantitative estimate of drug-likeness (QED) is 0.885. The van der Waals surface area contributed by atoms with E-state index in [1.807, 2.05) is 0 Å². The van der Waals surface area contributed by atoms with Crippen molar-refractivity contribution in [3.8, 4) is 0 Å². The number of carbonyl (C=O) groups is 1. The number of benzene rings is 1. The van der Waals surface area contributed by atoms with Crippen LogP contribution in [-0.4, -0.2) is 12.5 Å². The van der Waals surface area contributed by atoms with Gasteiger partial charge in [-0.25, -0.2) is 0 Å². The molecule has 0 spiro atoms. The molecule has 1 rings (SSSR count). The Bertz CT molecular complexity index is 438. The molecule has 0 fully saturated rings. The van der Waals surface area contributed by atoms with Gasteiger partial charge < -0.3 is 11.1 Å². The Kier molecular flexibility index (Phi) is 4.57. The molecule has 0 aromatic heterocycles. The molecule has 0 aliphatic carbocycles. The van der Waals surface area contributed by atoms with Gasteiger partial charge >= 0.3 is 6.18 Å². The van der Waals surface area contributed by atoms with Crippen LogP contribution in [0.25, 0.3) is 0 Å². The second-order valence-electron chi connectivity index (χ2n) is 4.97. The molecule has 3 N–H and O–H groups in total. The zero-order valence-corrected chi connectivity index (χ0v) is 10.8. The lowest BCUT2D eigenvalue weighted by Crippen LogP contribution is -2.41. The van der Waals surface area contributed by atoms with Crippen LogP contribution >= 0.6 is 0 Å². The smallest absolute Gasteiger partial charge is 0.352 e. The van der Waals surface area contributed by atoms with Gasteiger partial charge in [-0.15, -0.1) is 0 Å². The molecule has 0 saturated heterocycles. The third-order valence-corrected chi connectivity index (χ3v) is 2.86. The molecule has 3 nitrogen and oxygen atoms in total. The van der Waals surface area contributed by atoms with Gasteiger partial charge in [-0.1, -0.05) is 12.1 Å². The predicted octanol–water partition coefficient (Wildman–Crippen LogP) is 2.31. The minimum Gasteiger partial charge on any atom is -0.352 e. The summed E-state index contributed by atoms with van der Waals surface area (Å²) in [6, 6.07) is 4.68. The Morgan fingerprint density at radius 3 is 2.16 bits per heavy atom. The molecule has 0 unspecified atom stereocenters. The lowest BCUT2D eigenvalue weighted by Gasteiger charge is -2.21. The lowest BCUT2D eigenvalue weighted by molar-refractivity contribution is -0.137. The van der Waals surface area contributed by atoms with Crippen molar-refractivity contribution in [2.45, 2.75) is 26.6 Å². The number of nitrogens with two attached hydrogens (primary N) is 1. The number of amides is 1. The van der Waals surface area contributed by atoms with Crippen molar-refractivity contribution >= 4 is 5.91 Å². The third kappa shape index (κ3) is 4.24. The molecule has 0 atom stereocenters. The van der Waals surface area contributed by atoms with Crippen molar-refractivity contribution in [2.75, 3.05) is 6.54 Å². The minimum atomic E-state index is -4.34. The summed E-state index contributed by atoms with van der Waals surface area (Å²) in [4.78, 5) is 11.7. The van der Waals surface area contributed by atoms with Crippen LogP contribution in [0.4, 0.5) is 13.2 Å². The average Bonchev–Trinajstić information content (AvgIpc) is 2.35. The number of halogens is 3. The van der Waals surface area contributed by atoms with E-state index in [4.69, 9.17) is 5.73 Å². The van der Waals surface area contributed by atoms with E-state index in [2.05, 4.69) is 5.32 Å². The number of nitrogens with one attached hydrogen (secondary N) is 1.